The average molecular weight is 314 g/mol. The van der Waals surface area contributed by atoms with Crippen molar-refractivity contribution in [3.8, 4) is 0 Å². The normalized spacial score (nSPS) is 11.6. The van der Waals surface area contributed by atoms with Gasteiger partial charge in [0.25, 0.3) is 10.0 Å². The van der Waals surface area contributed by atoms with Crippen LogP contribution in [0.15, 0.2) is 34.5 Å². The third-order valence-corrected chi connectivity index (χ3v) is 5.73. The number of hydrogen-bond donors (Lipinski definition) is 2. The van der Waals surface area contributed by atoms with E-state index in [4.69, 9.17) is 5.73 Å². The molecule has 2 aromatic rings. The molecule has 0 saturated carbocycles. The van der Waals surface area contributed by atoms with Crippen molar-refractivity contribution in [2.24, 2.45) is 5.73 Å². The third kappa shape index (κ3) is 3.36. The highest BCUT2D eigenvalue weighted by atomic mass is 32.2. The summed E-state index contributed by atoms with van der Waals surface area (Å²) in [5.41, 5.74) is 6.11. The second-order valence-corrected chi connectivity index (χ2v) is 7.41. The lowest BCUT2D eigenvalue weighted by Crippen LogP contribution is -2.11. The maximum absolute atomic E-state index is 13.4. The summed E-state index contributed by atoms with van der Waals surface area (Å²) in [6.07, 6.45) is 0.638. The van der Waals surface area contributed by atoms with Crippen LogP contribution >= 0.6 is 11.3 Å². The number of sulfonamides is 1. The number of nitrogens with two attached hydrogens (primary N) is 1. The first kappa shape index (κ1) is 15.0. The molecular weight excluding hydrogens is 299 g/mol. The highest BCUT2D eigenvalue weighted by molar-refractivity contribution is 7.94. The molecule has 0 aliphatic heterocycles. The Kier molecular flexibility index (Phi) is 4.42. The molecule has 2 rings (SSSR count). The van der Waals surface area contributed by atoms with Crippen LogP contribution in [0.4, 0.5) is 10.1 Å². The van der Waals surface area contributed by atoms with E-state index in [2.05, 4.69) is 4.72 Å². The molecule has 3 N–H and O–H groups in total. The summed E-state index contributed by atoms with van der Waals surface area (Å²) < 4.78 is 40.3. The van der Waals surface area contributed by atoms with Gasteiger partial charge in [-0.3, -0.25) is 4.72 Å². The molecular formula is C13H15FN2O2S2. The van der Waals surface area contributed by atoms with Crippen LogP contribution in [0.1, 0.15) is 10.4 Å². The molecule has 7 heteroatoms. The molecule has 0 unspecified atom stereocenters. The molecule has 0 atom stereocenters. The van der Waals surface area contributed by atoms with Gasteiger partial charge in [0.15, 0.2) is 0 Å². The lowest BCUT2D eigenvalue weighted by atomic mass is 10.2. The van der Waals surface area contributed by atoms with Crippen molar-refractivity contribution >= 4 is 27.0 Å². The number of benzene rings is 1. The number of halogens is 1. The second-order valence-electron chi connectivity index (χ2n) is 4.33. The Hall–Kier alpha value is -1.44. The van der Waals surface area contributed by atoms with Gasteiger partial charge in [0.2, 0.25) is 0 Å². The van der Waals surface area contributed by atoms with Crippen LogP contribution in [0.5, 0.6) is 0 Å². The lowest BCUT2D eigenvalue weighted by molar-refractivity contribution is 0.603. The second kappa shape index (κ2) is 5.90. The van der Waals surface area contributed by atoms with E-state index < -0.39 is 15.8 Å². The number of thiophene rings is 1. The minimum Gasteiger partial charge on any atom is -0.330 e. The standard InChI is InChI=1S/C13H15FN2O2S2/c1-9-2-3-10(8-12(9)14)16-20(17,18)13-5-4-11(19-13)6-7-15/h2-5,8,16H,6-7,15H2,1H3. The minimum atomic E-state index is -3.68. The minimum absolute atomic E-state index is 0.196. The Morgan fingerprint density at radius 2 is 2.05 bits per heavy atom. The Balaban J connectivity index is 2.23. The predicted octanol–water partition coefficient (Wildman–Crippen LogP) is 2.50. The molecule has 1 aromatic carbocycles. The molecule has 1 heterocycles. The van der Waals surface area contributed by atoms with Crippen molar-refractivity contribution in [1.82, 2.24) is 0 Å². The number of nitrogens with one attached hydrogen (secondary N) is 1. The maximum Gasteiger partial charge on any atom is 0.271 e. The summed E-state index contributed by atoms with van der Waals surface area (Å²) in [6.45, 7) is 2.09. The number of hydrogen-bond acceptors (Lipinski definition) is 4. The SMILES string of the molecule is Cc1ccc(NS(=O)(=O)c2ccc(CCN)s2)cc1F. The fourth-order valence-corrected chi connectivity index (χ4v) is 4.06. The molecule has 108 valence electrons. The van der Waals surface area contributed by atoms with Crippen LogP contribution in [0.25, 0.3) is 0 Å². The average Bonchev–Trinajstić information content (AvgIpc) is 2.83. The number of anilines is 1. The van der Waals surface area contributed by atoms with Gasteiger partial charge in [-0.15, -0.1) is 11.3 Å². The number of aryl methyl sites for hydroxylation is 1. The molecule has 0 fully saturated rings. The molecule has 0 saturated heterocycles. The first-order valence-electron chi connectivity index (χ1n) is 6.00. The Bertz CT molecular complexity index is 711. The summed E-state index contributed by atoms with van der Waals surface area (Å²) in [5, 5.41) is 0. The molecule has 0 spiro atoms. The van der Waals surface area contributed by atoms with Crippen molar-refractivity contribution in [3.63, 3.8) is 0 Å². The molecule has 20 heavy (non-hydrogen) atoms. The van der Waals surface area contributed by atoms with Crippen LogP contribution in [0.2, 0.25) is 0 Å². The van der Waals surface area contributed by atoms with Gasteiger partial charge < -0.3 is 5.73 Å². The molecule has 0 bridgehead atoms. The first-order valence-corrected chi connectivity index (χ1v) is 8.30. The van der Waals surface area contributed by atoms with Gasteiger partial charge in [0.1, 0.15) is 10.0 Å². The van der Waals surface area contributed by atoms with Crippen LogP contribution in [0, 0.1) is 12.7 Å². The van der Waals surface area contributed by atoms with Crippen LogP contribution in [-0.4, -0.2) is 15.0 Å². The Morgan fingerprint density at radius 1 is 1.30 bits per heavy atom. The maximum atomic E-state index is 13.4. The summed E-state index contributed by atoms with van der Waals surface area (Å²) in [4.78, 5) is 0.906. The van der Waals surface area contributed by atoms with Crippen molar-refractivity contribution in [2.75, 3.05) is 11.3 Å². The molecule has 0 aliphatic rings. The van der Waals surface area contributed by atoms with Gasteiger partial charge in [-0.1, -0.05) is 6.07 Å². The van der Waals surface area contributed by atoms with E-state index in [1.54, 1.807) is 13.0 Å². The highest BCUT2D eigenvalue weighted by Crippen LogP contribution is 2.25. The fraction of sp³-hybridized carbons (Fsp3) is 0.231. The smallest absolute Gasteiger partial charge is 0.271 e. The molecule has 1 aromatic heterocycles. The molecule has 4 nitrogen and oxygen atoms in total. The van der Waals surface area contributed by atoms with E-state index in [1.165, 1.54) is 35.6 Å². The van der Waals surface area contributed by atoms with Crippen molar-refractivity contribution in [2.45, 2.75) is 17.6 Å². The zero-order valence-corrected chi connectivity index (χ0v) is 12.5. The summed E-state index contributed by atoms with van der Waals surface area (Å²) >= 11 is 1.17. The quantitative estimate of drug-likeness (QED) is 0.890. The lowest BCUT2D eigenvalue weighted by Gasteiger charge is -2.07. The van der Waals surface area contributed by atoms with E-state index in [0.29, 0.717) is 18.5 Å². The first-order chi connectivity index (χ1) is 9.42. The van der Waals surface area contributed by atoms with E-state index >= 15 is 0 Å². The fourth-order valence-electron chi connectivity index (χ4n) is 1.64. The van der Waals surface area contributed by atoms with Gasteiger partial charge in [-0.05, 0) is 49.7 Å². The highest BCUT2D eigenvalue weighted by Gasteiger charge is 2.17. The molecule has 0 amide bonds. The zero-order valence-electron chi connectivity index (χ0n) is 10.9. The zero-order chi connectivity index (χ0) is 14.8. The predicted molar refractivity (Wildman–Crippen MR) is 79.0 cm³/mol. The summed E-state index contributed by atoms with van der Waals surface area (Å²) in [5.74, 6) is -0.444. The largest absolute Gasteiger partial charge is 0.330 e. The molecule has 0 radical (unpaired) electrons. The summed E-state index contributed by atoms with van der Waals surface area (Å²) in [6, 6.07) is 7.50. The van der Waals surface area contributed by atoms with E-state index in [1.807, 2.05) is 0 Å². The van der Waals surface area contributed by atoms with Crippen molar-refractivity contribution in [1.29, 1.82) is 0 Å². The summed E-state index contributed by atoms with van der Waals surface area (Å²) in [7, 11) is -3.68. The Morgan fingerprint density at radius 3 is 2.70 bits per heavy atom. The van der Waals surface area contributed by atoms with Crippen LogP contribution in [-0.2, 0) is 16.4 Å². The third-order valence-electron chi connectivity index (χ3n) is 2.72. The van der Waals surface area contributed by atoms with Crippen molar-refractivity contribution in [3.05, 3.63) is 46.6 Å². The van der Waals surface area contributed by atoms with Gasteiger partial charge in [0, 0.05) is 4.88 Å². The van der Waals surface area contributed by atoms with Crippen LogP contribution in [0.3, 0.4) is 0 Å². The molecule has 0 aliphatic carbocycles. The monoisotopic (exact) mass is 314 g/mol. The van der Waals surface area contributed by atoms with E-state index in [9.17, 15) is 12.8 Å². The van der Waals surface area contributed by atoms with Gasteiger partial charge in [-0.2, -0.15) is 0 Å². The van der Waals surface area contributed by atoms with Crippen molar-refractivity contribution < 1.29 is 12.8 Å². The van der Waals surface area contributed by atoms with Crippen LogP contribution < -0.4 is 10.5 Å². The van der Waals surface area contributed by atoms with E-state index in [0.717, 1.165) is 4.88 Å². The Labute approximate surface area is 121 Å². The van der Waals surface area contributed by atoms with E-state index in [-0.39, 0.29) is 9.90 Å². The number of rotatable bonds is 5. The van der Waals surface area contributed by atoms with Gasteiger partial charge in [-0.25, -0.2) is 12.8 Å². The van der Waals surface area contributed by atoms with Gasteiger partial charge in [0.05, 0.1) is 5.69 Å². The topological polar surface area (TPSA) is 72.2 Å². The van der Waals surface area contributed by atoms with Gasteiger partial charge >= 0.3 is 0 Å².